The molecule has 0 unspecified atom stereocenters. The Kier molecular flexibility index (Phi) is 1.53. The van der Waals surface area contributed by atoms with Crippen molar-refractivity contribution in [1.82, 2.24) is 9.78 Å². The normalized spacial score (nSPS) is 9.90. The van der Waals surface area contributed by atoms with Crippen molar-refractivity contribution in [3.05, 3.63) is 17.2 Å². The van der Waals surface area contributed by atoms with Gasteiger partial charge in [0.15, 0.2) is 6.29 Å². The zero-order valence-electron chi connectivity index (χ0n) is 5.76. The number of rotatable bonds is 1. The fourth-order valence-corrected chi connectivity index (χ4v) is 0.780. The maximum atomic E-state index is 12.7. The van der Waals surface area contributed by atoms with Gasteiger partial charge < -0.3 is 0 Å². The van der Waals surface area contributed by atoms with Crippen LogP contribution in [0.2, 0.25) is 0 Å². The lowest BCUT2D eigenvalue weighted by Crippen LogP contribution is -1.94. The molecule has 1 rings (SSSR count). The number of carbonyl (C=O) groups excluding carboxylic acids is 1. The van der Waals surface area contributed by atoms with Gasteiger partial charge in [0.05, 0.1) is 11.3 Å². The third-order valence-electron chi connectivity index (χ3n) is 1.31. The van der Waals surface area contributed by atoms with E-state index in [1.54, 1.807) is 6.92 Å². The molecular weight excluding hydrogens is 135 g/mol. The molecule has 54 valence electrons. The van der Waals surface area contributed by atoms with Crippen LogP contribution in [0.1, 0.15) is 16.1 Å². The predicted molar refractivity (Wildman–Crippen MR) is 33.3 cm³/mol. The number of hydrogen-bond acceptors (Lipinski definition) is 2. The van der Waals surface area contributed by atoms with Crippen LogP contribution in [0.4, 0.5) is 4.39 Å². The van der Waals surface area contributed by atoms with E-state index in [4.69, 9.17) is 0 Å². The van der Waals surface area contributed by atoms with Crippen molar-refractivity contribution in [3.63, 3.8) is 0 Å². The van der Waals surface area contributed by atoms with Crippen molar-refractivity contribution in [1.29, 1.82) is 0 Å². The van der Waals surface area contributed by atoms with Crippen LogP contribution in [0.25, 0.3) is 0 Å². The third kappa shape index (κ3) is 0.814. The second-order valence-electron chi connectivity index (χ2n) is 2.03. The summed E-state index contributed by atoms with van der Waals surface area (Å²) in [5.41, 5.74) is 0.470. The summed E-state index contributed by atoms with van der Waals surface area (Å²) >= 11 is 0. The molecule has 3 nitrogen and oxygen atoms in total. The highest BCUT2D eigenvalue weighted by Gasteiger charge is 2.10. The third-order valence-corrected chi connectivity index (χ3v) is 1.31. The molecule has 1 heterocycles. The van der Waals surface area contributed by atoms with Crippen LogP contribution < -0.4 is 0 Å². The minimum atomic E-state index is -0.576. The molecule has 0 aliphatic rings. The number of carbonyl (C=O) groups is 1. The molecule has 0 fully saturated rings. The van der Waals surface area contributed by atoms with Crippen LogP contribution in [0, 0.1) is 12.9 Å². The second-order valence-corrected chi connectivity index (χ2v) is 2.03. The number of aromatic nitrogens is 2. The van der Waals surface area contributed by atoms with Gasteiger partial charge >= 0.3 is 0 Å². The van der Waals surface area contributed by atoms with Crippen LogP contribution in [-0.2, 0) is 7.05 Å². The first-order chi connectivity index (χ1) is 4.66. The maximum absolute atomic E-state index is 12.7. The highest BCUT2D eigenvalue weighted by Crippen LogP contribution is 2.06. The van der Waals surface area contributed by atoms with E-state index in [1.807, 2.05) is 0 Å². The van der Waals surface area contributed by atoms with Gasteiger partial charge in [-0.05, 0) is 6.92 Å². The fraction of sp³-hybridized carbons (Fsp3) is 0.333. The largest absolute Gasteiger partial charge is 0.298 e. The van der Waals surface area contributed by atoms with E-state index in [-0.39, 0.29) is 5.56 Å². The van der Waals surface area contributed by atoms with Gasteiger partial charge in [-0.3, -0.25) is 4.79 Å². The summed E-state index contributed by atoms with van der Waals surface area (Å²) in [4.78, 5) is 10.2. The summed E-state index contributed by atoms with van der Waals surface area (Å²) in [5.74, 6) is -0.576. The van der Waals surface area contributed by atoms with Crippen molar-refractivity contribution in [2.24, 2.45) is 7.05 Å². The van der Waals surface area contributed by atoms with Crippen LogP contribution in [0.5, 0.6) is 0 Å². The van der Waals surface area contributed by atoms with Crippen LogP contribution >= 0.6 is 0 Å². The summed E-state index contributed by atoms with van der Waals surface area (Å²) in [6.07, 6.45) is 0.470. The van der Waals surface area contributed by atoms with Crippen molar-refractivity contribution in [2.75, 3.05) is 0 Å². The molecule has 0 saturated heterocycles. The van der Waals surface area contributed by atoms with E-state index < -0.39 is 5.95 Å². The quantitative estimate of drug-likeness (QED) is 0.540. The smallest absolute Gasteiger partial charge is 0.222 e. The molecule has 0 amide bonds. The first-order valence-electron chi connectivity index (χ1n) is 2.81. The van der Waals surface area contributed by atoms with E-state index in [2.05, 4.69) is 5.10 Å². The zero-order valence-corrected chi connectivity index (χ0v) is 5.76. The average molecular weight is 142 g/mol. The molecule has 0 aromatic carbocycles. The van der Waals surface area contributed by atoms with Crippen LogP contribution in [0.3, 0.4) is 0 Å². The van der Waals surface area contributed by atoms with Crippen molar-refractivity contribution < 1.29 is 9.18 Å². The number of hydrogen-bond donors (Lipinski definition) is 0. The van der Waals surface area contributed by atoms with E-state index in [0.29, 0.717) is 12.0 Å². The molecule has 0 bridgehead atoms. The Hall–Kier alpha value is -1.19. The van der Waals surface area contributed by atoms with Gasteiger partial charge in [0.25, 0.3) is 0 Å². The molecule has 1 aromatic rings. The predicted octanol–water partition coefficient (Wildman–Crippen LogP) is 0.680. The minimum absolute atomic E-state index is 0.0440. The Morgan fingerprint density at radius 1 is 1.70 bits per heavy atom. The van der Waals surface area contributed by atoms with Gasteiger partial charge in [-0.1, -0.05) is 0 Å². The van der Waals surface area contributed by atoms with E-state index >= 15 is 0 Å². The number of nitrogens with zero attached hydrogens (tertiary/aromatic N) is 2. The number of aryl methyl sites for hydroxylation is 2. The summed E-state index contributed by atoms with van der Waals surface area (Å²) < 4.78 is 13.7. The van der Waals surface area contributed by atoms with Gasteiger partial charge in [-0.15, -0.1) is 0 Å². The zero-order chi connectivity index (χ0) is 7.72. The first kappa shape index (κ1) is 6.92. The fourth-order valence-electron chi connectivity index (χ4n) is 0.780. The standard InChI is InChI=1S/C6H7FN2O/c1-4-5(3-10)6(7)9(2)8-4/h3H,1-2H3. The van der Waals surface area contributed by atoms with Gasteiger partial charge in [0, 0.05) is 7.05 Å². The highest BCUT2D eigenvalue weighted by atomic mass is 19.1. The van der Waals surface area contributed by atoms with Crippen molar-refractivity contribution >= 4 is 6.29 Å². The molecule has 0 saturated carbocycles. The lowest BCUT2D eigenvalue weighted by molar-refractivity contribution is 0.111. The molecule has 0 N–H and O–H groups in total. The Morgan fingerprint density at radius 2 is 2.30 bits per heavy atom. The highest BCUT2D eigenvalue weighted by molar-refractivity contribution is 5.76. The summed E-state index contributed by atoms with van der Waals surface area (Å²) in [6.45, 7) is 1.59. The summed E-state index contributed by atoms with van der Waals surface area (Å²) in [7, 11) is 1.45. The lowest BCUT2D eigenvalue weighted by Gasteiger charge is -1.85. The average Bonchev–Trinajstić information content (AvgIpc) is 2.09. The molecule has 4 heteroatoms. The second kappa shape index (κ2) is 2.21. The summed E-state index contributed by atoms with van der Waals surface area (Å²) in [6, 6.07) is 0. The SMILES string of the molecule is Cc1nn(C)c(F)c1C=O. The van der Waals surface area contributed by atoms with Crippen LogP contribution in [-0.4, -0.2) is 16.1 Å². The molecule has 10 heavy (non-hydrogen) atoms. The molecule has 0 radical (unpaired) electrons. The summed E-state index contributed by atoms with van der Waals surface area (Å²) in [5, 5.41) is 3.69. The van der Waals surface area contributed by atoms with E-state index in [0.717, 1.165) is 4.68 Å². The van der Waals surface area contributed by atoms with Gasteiger partial charge in [-0.2, -0.15) is 9.49 Å². The molecule has 0 aliphatic heterocycles. The van der Waals surface area contributed by atoms with Crippen molar-refractivity contribution in [2.45, 2.75) is 6.92 Å². The maximum Gasteiger partial charge on any atom is 0.222 e. The Morgan fingerprint density at radius 3 is 2.50 bits per heavy atom. The van der Waals surface area contributed by atoms with Crippen molar-refractivity contribution in [3.8, 4) is 0 Å². The number of halogens is 1. The van der Waals surface area contributed by atoms with E-state index in [1.165, 1.54) is 7.05 Å². The molecule has 0 spiro atoms. The Labute approximate surface area is 57.5 Å². The van der Waals surface area contributed by atoms with Crippen LogP contribution in [0.15, 0.2) is 0 Å². The topological polar surface area (TPSA) is 34.9 Å². The molecule has 0 aliphatic carbocycles. The Balaban J connectivity index is 3.33. The Bertz CT molecular complexity index is 267. The molecule has 0 atom stereocenters. The number of aldehydes is 1. The first-order valence-corrected chi connectivity index (χ1v) is 2.81. The molecule has 1 aromatic heterocycles. The van der Waals surface area contributed by atoms with Gasteiger partial charge in [0.1, 0.15) is 0 Å². The minimum Gasteiger partial charge on any atom is -0.298 e. The van der Waals surface area contributed by atoms with Gasteiger partial charge in [-0.25, -0.2) is 4.68 Å². The lowest BCUT2D eigenvalue weighted by atomic mass is 10.3. The van der Waals surface area contributed by atoms with Gasteiger partial charge in [0.2, 0.25) is 5.95 Å². The monoisotopic (exact) mass is 142 g/mol. The van der Waals surface area contributed by atoms with E-state index in [9.17, 15) is 9.18 Å². The molecular formula is C6H7FN2O.